The van der Waals surface area contributed by atoms with Gasteiger partial charge in [-0.05, 0) is 62.8 Å². The second-order valence-electron chi connectivity index (χ2n) is 8.12. The largest absolute Gasteiger partial charge is 0.353 e. The molecule has 4 rings (SSSR count). The van der Waals surface area contributed by atoms with Gasteiger partial charge in [0.05, 0.1) is 0 Å². The molecule has 0 bridgehead atoms. The summed E-state index contributed by atoms with van der Waals surface area (Å²) < 4.78 is 0. The number of rotatable bonds is 4. The highest BCUT2D eigenvalue weighted by Crippen LogP contribution is 2.40. The lowest BCUT2D eigenvalue weighted by Crippen LogP contribution is -2.51. The number of carbonyl (C=O) groups excluding carboxylic acids is 2. The van der Waals surface area contributed by atoms with Crippen molar-refractivity contribution in [3.05, 3.63) is 34.9 Å². The van der Waals surface area contributed by atoms with Gasteiger partial charge < -0.3 is 15.5 Å². The summed E-state index contributed by atoms with van der Waals surface area (Å²) in [6.07, 6.45) is 7.46. The van der Waals surface area contributed by atoms with Gasteiger partial charge in [-0.15, -0.1) is 12.4 Å². The van der Waals surface area contributed by atoms with E-state index in [1.165, 1.54) is 6.42 Å². The number of halogens is 2. The molecule has 154 valence electrons. The SMILES string of the molecule is Cl.O=C(NCC1CCCN1)C1CC2CCCCC2N1C(=O)c1cccc(Cl)c1. The third kappa shape index (κ3) is 4.47. The molecule has 1 aliphatic carbocycles. The molecular weight excluding hydrogens is 397 g/mol. The zero-order valence-corrected chi connectivity index (χ0v) is 17.6. The Bertz CT molecular complexity index is 709. The van der Waals surface area contributed by atoms with Crippen LogP contribution in [0.1, 0.15) is 55.3 Å². The van der Waals surface area contributed by atoms with Crippen LogP contribution < -0.4 is 10.6 Å². The number of fused-ring (bicyclic) bond motifs is 1. The molecule has 2 amide bonds. The Hall–Kier alpha value is -1.30. The van der Waals surface area contributed by atoms with E-state index in [1.807, 2.05) is 4.90 Å². The highest BCUT2D eigenvalue weighted by molar-refractivity contribution is 6.31. The molecular formula is C21H29Cl2N3O2. The minimum Gasteiger partial charge on any atom is -0.353 e. The molecule has 4 atom stereocenters. The van der Waals surface area contributed by atoms with Crippen molar-refractivity contribution >= 4 is 35.8 Å². The number of benzene rings is 1. The summed E-state index contributed by atoms with van der Waals surface area (Å²) in [6.45, 7) is 1.66. The van der Waals surface area contributed by atoms with Crippen LogP contribution >= 0.6 is 24.0 Å². The van der Waals surface area contributed by atoms with Gasteiger partial charge in [0.2, 0.25) is 5.91 Å². The summed E-state index contributed by atoms with van der Waals surface area (Å²) in [5.74, 6) is 0.363. The molecule has 0 spiro atoms. The smallest absolute Gasteiger partial charge is 0.254 e. The molecule has 0 aromatic heterocycles. The Morgan fingerprint density at radius 1 is 1.18 bits per heavy atom. The number of carbonyl (C=O) groups is 2. The van der Waals surface area contributed by atoms with Gasteiger partial charge >= 0.3 is 0 Å². The fourth-order valence-corrected chi connectivity index (χ4v) is 5.22. The molecule has 1 saturated carbocycles. The second kappa shape index (κ2) is 9.47. The maximum absolute atomic E-state index is 13.3. The van der Waals surface area contributed by atoms with Crippen LogP contribution in [-0.4, -0.2) is 47.9 Å². The van der Waals surface area contributed by atoms with Crippen LogP contribution in [-0.2, 0) is 4.79 Å². The van der Waals surface area contributed by atoms with Crippen molar-refractivity contribution in [2.24, 2.45) is 5.92 Å². The summed E-state index contributed by atoms with van der Waals surface area (Å²) in [5.41, 5.74) is 0.573. The van der Waals surface area contributed by atoms with Crippen LogP contribution in [0.25, 0.3) is 0 Å². The standard InChI is InChI=1S/C21H28ClN3O2.ClH/c22-16-7-3-6-15(11-16)21(27)25-18-9-2-1-5-14(18)12-19(25)20(26)24-13-17-8-4-10-23-17;/h3,6-7,11,14,17-19,23H,1-2,4-5,8-10,12-13H2,(H,24,26);1H. The fourth-order valence-electron chi connectivity index (χ4n) is 5.03. The van der Waals surface area contributed by atoms with Crippen molar-refractivity contribution in [1.29, 1.82) is 0 Å². The van der Waals surface area contributed by atoms with Gasteiger partial charge in [0, 0.05) is 29.2 Å². The Balaban J connectivity index is 0.00000225. The first kappa shape index (κ1) is 21.4. The Morgan fingerprint density at radius 2 is 2.00 bits per heavy atom. The van der Waals surface area contributed by atoms with Gasteiger partial charge in [-0.1, -0.05) is 30.5 Å². The molecule has 4 unspecified atom stereocenters. The van der Waals surface area contributed by atoms with E-state index in [-0.39, 0.29) is 36.3 Å². The predicted molar refractivity (Wildman–Crippen MR) is 113 cm³/mol. The van der Waals surface area contributed by atoms with Crippen LogP contribution in [0.4, 0.5) is 0 Å². The maximum atomic E-state index is 13.3. The summed E-state index contributed by atoms with van der Waals surface area (Å²) in [5, 5.41) is 7.06. The summed E-state index contributed by atoms with van der Waals surface area (Å²) in [4.78, 5) is 28.2. The fraction of sp³-hybridized carbons (Fsp3) is 0.619. The minimum absolute atomic E-state index is 0. The first-order chi connectivity index (χ1) is 13.1. The molecule has 2 heterocycles. The zero-order valence-electron chi connectivity index (χ0n) is 16.0. The van der Waals surface area contributed by atoms with Crippen molar-refractivity contribution in [3.63, 3.8) is 0 Å². The summed E-state index contributed by atoms with van der Waals surface area (Å²) in [7, 11) is 0. The van der Waals surface area contributed by atoms with Crippen LogP contribution in [0.5, 0.6) is 0 Å². The van der Waals surface area contributed by atoms with Crippen molar-refractivity contribution in [3.8, 4) is 0 Å². The number of likely N-dealkylation sites (tertiary alicyclic amines) is 1. The highest BCUT2D eigenvalue weighted by Gasteiger charge is 2.47. The molecule has 1 aromatic carbocycles. The lowest BCUT2D eigenvalue weighted by Gasteiger charge is -2.33. The normalized spacial score (nSPS) is 29.1. The van der Waals surface area contributed by atoms with Crippen molar-refractivity contribution in [2.75, 3.05) is 13.1 Å². The number of nitrogens with one attached hydrogen (secondary N) is 2. The average molecular weight is 426 g/mol. The van der Waals surface area contributed by atoms with E-state index >= 15 is 0 Å². The molecule has 0 radical (unpaired) electrons. The van der Waals surface area contributed by atoms with Gasteiger partial charge in [-0.3, -0.25) is 9.59 Å². The van der Waals surface area contributed by atoms with E-state index < -0.39 is 0 Å². The van der Waals surface area contributed by atoms with E-state index in [4.69, 9.17) is 11.6 Å². The lowest BCUT2D eigenvalue weighted by molar-refractivity contribution is -0.125. The predicted octanol–water partition coefficient (Wildman–Crippen LogP) is 3.40. The topological polar surface area (TPSA) is 61.4 Å². The van der Waals surface area contributed by atoms with Crippen molar-refractivity contribution < 1.29 is 9.59 Å². The van der Waals surface area contributed by atoms with E-state index in [0.29, 0.717) is 29.1 Å². The molecule has 3 fully saturated rings. The molecule has 2 N–H and O–H groups in total. The molecule has 2 saturated heterocycles. The Kier molecular flexibility index (Phi) is 7.24. The lowest BCUT2D eigenvalue weighted by atomic mass is 9.84. The third-order valence-corrected chi connectivity index (χ3v) is 6.62. The first-order valence-electron chi connectivity index (χ1n) is 10.2. The zero-order chi connectivity index (χ0) is 18.8. The number of amides is 2. The van der Waals surface area contributed by atoms with E-state index in [9.17, 15) is 9.59 Å². The second-order valence-corrected chi connectivity index (χ2v) is 8.56. The van der Waals surface area contributed by atoms with Gasteiger partial charge in [0.25, 0.3) is 5.91 Å². The molecule has 3 aliphatic rings. The number of hydrogen-bond acceptors (Lipinski definition) is 3. The van der Waals surface area contributed by atoms with E-state index in [0.717, 1.165) is 45.1 Å². The Labute approximate surface area is 178 Å². The van der Waals surface area contributed by atoms with Crippen LogP contribution in [0.15, 0.2) is 24.3 Å². The van der Waals surface area contributed by atoms with Crippen LogP contribution in [0.2, 0.25) is 5.02 Å². The van der Waals surface area contributed by atoms with Crippen LogP contribution in [0, 0.1) is 5.92 Å². The van der Waals surface area contributed by atoms with Gasteiger partial charge in [-0.2, -0.15) is 0 Å². The number of nitrogens with zero attached hydrogens (tertiary/aromatic N) is 1. The quantitative estimate of drug-likeness (QED) is 0.776. The monoisotopic (exact) mass is 425 g/mol. The van der Waals surface area contributed by atoms with Gasteiger partial charge in [0.15, 0.2) is 0 Å². The van der Waals surface area contributed by atoms with Gasteiger partial charge in [-0.25, -0.2) is 0 Å². The molecule has 5 nitrogen and oxygen atoms in total. The van der Waals surface area contributed by atoms with E-state index in [2.05, 4.69) is 10.6 Å². The van der Waals surface area contributed by atoms with E-state index in [1.54, 1.807) is 24.3 Å². The minimum atomic E-state index is -0.369. The molecule has 28 heavy (non-hydrogen) atoms. The molecule has 7 heteroatoms. The maximum Gasteiger partial charge on any atom is 0.254 e. The van der Waals surface area contributed by atoms with Gasteiger partial charge in [0.1, 0.15) is 6.04 Å². The third-order valence-electron chi connectivity index (χ3n) is 6.38. The van der Waals surface area contributed by atoms with Crippen LogP contribution in [0.3, 0.4) is 0 Å². The van der Waals surface area contributed by atoms with Crippen molar-refractivity contribution in [2.45, 2.75) is 63.1 Å². The van der Waals surface area contributed by atoms with Crippen molar-refractivity contribution in [1.82, 2.24) is 15.5 Å². The average Bonchev–Trinajstić information content (AvgIpc) is 3.33. The highest BCUT2D eigenvalue weighted by atomic mass is 35.5. The summed E-state index contributed by atoms with van der Waals surface area (Å²) >= 11 is 6.10. The summed E-state index contributed by atoms with van der Waals surface area (Å²) in [6, 6.07) is 7.22. The first-order valence-corrected chi connectivity index (χ1v) is 10.6. The number of hydrogen-bond donors (Lipinski definition) is 2. The Morgan fingerprint density at radius 3 is 2.75 bits per heavy atom. The molecule has 2 aliphatic heterocycles. The molecule has 1 aromatic rings.